The number of ether oxygens (including phenoxy) is 1. The second-order valence-electron chi connectivity index (χ2n) is 4.12. The fourth-order valence-corrected chi connectivity index (χ4v) is 1.74. The average Bonchev–Trinajstić information content (AvgIpc) is 2.48. The van der Waals surface area contributed by atoms with Gasteiger partial charge in [0.15, 0.2) is 0 Å². The number of amides is 1. The molecule has 1 amide bonds. The number of benzene rings is 2. The number of carbonyl (C=O) groups is 1. The SMILES string of the molecule is COc1ccc(CC(=O)N(N)c2ccccc2)cc1. The lowest BCUT2D eigenvalue weighted by Crippen LogP contribution is -2.38. The molecule has 4 nitrogen and oxygen atoms in total. The Morgan fingerprint density at radius 2 is 1.74 bits per heavy atom. The summed E-state index contributed by atoms with van der Waals surface area (Å²) in [5, 5.41) is 1.17. The molecule has 0 saturated heterocycles. The highest BCUT2D eigenvalue weighted by atomic mass is 16.5. The molecule has 0 unspecified atom stereocenters. The first kappa shape index (κ1) is 13.1. The van der Waals surface area contributed by atoms with Crippen molar-refractivity contribution in [1.29, 1.82) is 0 Å². The van der Waals surface area contributed by atoms with Crippen LogP contribution in [0.2, 0.25) is 0 Å². The Bertz CT molecular complexity index is 538. The summed E-state index contributed by atoms with van der Waals surface area (Å²) in [4.78, 5) is 12.0. The van der Waals surface area contributed by atoms with E-state index in [4.69, 9.17) is 10.6 Å². The summed E-state index contributed by atoms with van der Waals surface area (Å²) in [6.45, 7) is 0. The van der Waals surface area contributed by atoms with E-state index in [1.165, 1.54) is 5.01 Å². The van der Waals surface area contributed by atoms with Crippen molar-refractivity contribution in [3.05, 3.63) is 60.2 Å². The number of carbonyl (C=O) groups excluding carboxylic acids is 1. The Balaban J connectivity index is 2.04. The Hall–Kier alpha value is -2.33. The van der Waals surface area contributed by atoms with Crippen molar-refractivity contribution in [2.75, 3.05) is 12.1 Å². The minimum Gasteiger partial charge on any atom is -0.497 e. The van der Waals surface area contributed by atoms with Gasteiger partial charge in [-0.05, 0) is 29.8 Å². The number of nitrogens with zero attached hydrogens (tertiary/aromatic N) is 1. The van der Waals surface area contributed by atoms with Gasteiger partial charge in [-0.1, -0.05) is 30.3 Å². The Morgan fingerprint density at radius 1 is 1.11 bits per heavy atom. The zero-order valence-corrected chi connectivity index (χ0v) is 10.7. The monoisotopic (exact) mass is 256 g/mol. The maximum atomic E-state index is 12.0. The molecule has 0 aliphatic rings. The molecular formula is C15H16N2O2. The highest BCUT2D eigenvalue weighted by Gasteiger charge is 2.11. The van der Waals surface area contributed by atoms with Crippen molar-refractivity contribution in [2.24, 2.45) is 5.84 Å². The lowest BCUT2D eigenvalue weighted by Gasteiger charge is -2.16. The summed E-state index contributed by atoms with van der Waals surface area (Å²) in [6, 6.07) is 16.5. The van der Waals surface area contributed by atoms with Crippen LogP contribution in [-0.4, -0.2) is 13.0 Å². The highest BCUT2D eigenvalue weighted by molar-refractivity contribution is 5.93. The average molecular weight is 256 g/mol. The second kappa shape index (κ2) is 6.02. The minimum absolute atomic E-state index is 0.156. The highest BCUT2D eigenvalue weighted by Crippen LogP contribution is 2.14. The lowest BCUT2D eigenvalue weighted by molar-refractivity contribution is -0.118. The van der Waals surface area contributed by atoms with Gasteiger partial charge in [0, 0.05) is 0 Å². The molecule has 0 atom stereocenters. The number of methoxy groups -OCH3 is 1. The van der Waals surface area contributed by atoms with Crippen LogP contribution in [0.25, 0.3) is 0 Å². The van der Waals surface area contributed by atoms with Gasteiger partial charge in [-0.2, -0.15) is 0 Å². The van der Waals surface area contributed by atoms with Crippen LogP contribution < -0.4 is 15.6 Å². The zero-order valence-electron chi connectivity index (χ0n) is 10.7. The van der Waals surface area contributed by atoms with E-state index in [0.717, 1.165) is 11.3 Å². The van der Waals surface area contributed by atoms with Crippen molar-refractivity contribution in [3.63, 3.8) is 0 Å². The Labute approximate surface area is 112 Å². The zero-order chi connectivity index (χ0) is 13.7. The number of anilines is 1. The van der Waals surface area contributed by atoms with Gasteiger partial charge in [0.1, 0.15) is 5.75 Å². The van der Waals surface area contributed by atoms with Gasteiger partial charge in [0.05, 0.1) is 19.2 Å². The van der Waals surface area contributed by atoms with E-state index in [2.05, 4.69) is 0 Å². The largest absolute Gasteiger partial charge is 0.497 e. The van der Waals surface area contributed by atoms with Crippen LogP contribution >= 0.6 is 0 Å². The molecule has 0 aliphatic carbocycles. The maximum absolute atomic E-state index is 12.0. The van der Waals surface area contributed by atoms with Crippen molar-refractivity contribution >= 4 is 11.6 Å². The molecule has 0 spiro atoms. The number of hydrogen-bond donors (Lipinski definition) is 1. The third-order valence-electron chi connectivity index (χ3n) is 2.82. The van der Waals surface area contributed by atoms with Crippen LogP contribution in [0, 0.1) is 0 Å². The molecule has 0 fully saturated rings. The number of hydrazine groups is 1. The molecule has 0 radical (unpaired) electrons. The van der Waals surface area contributed by atoms with E-state index in [9.17, 15) is 4.79 Å². The minimum atomic E-state index is -0.156. The molecule has 0 saturated carbocycles. The number of para-hydroxylation sites is 1. The lowest BCUT2D eigenvalue weighted by atomic mass is 10.1. The first-order valence-corrected chi connectivity index (χ1v) is 5.96. The standard InChI is InChI=1S/C15H16N2O2/c1-19-14-9-7-12(8-10-14)11-15(18)17(16)13-5-3-2-4-6-13/h2-10H,11,16H2,1H3. The molecular weight excluding hydrogens is 240 g/mol. The predicted molar refractivity (Wildman–Crippen MR) is 74.8 cm³/mol. The van der Waals surface area contributed by atoms with E-state index >= 15 is 0 Å². The topological polar surface area (TPSA) is 55.6 Å². The smallest absolute Gasteiger partial charge is 0.245 e. The van der Waals surface area contributed by atoms with Crippen LogP contribution in [0.1, 0.15) is 5.56 Å². The summed E-state index contributed by atoms with van der Waals surface area (Å²) in [5.74, 6) is 6.41. The van der Waals surface area contributed by atoms with Gasteiger partial charge in [-0.3, -0.25) is 4.79 Å². The van der Waals surface area contributed by atoms with Crippen LogP contribution in [0.3, 0.4) is 0 Å². The number of hydrogen-bond acceptors (Lipinski definition) is 3. The van der Waals surface area contributed by atoms with Crippen molar-refractivity contribution in [2.45, 2.75) is 6.42 Å². The fraction of sp³-hybridized carbons (Fsp3) is 0.133. The molecule has 0 bridgehead atoms. The number of nitrogens with two attached hydrogens (primary N) is 1. The van der Waals surface area contributed by atoms with Crippen LogP contribution in [0.15, 0.2) is 54.6 Å². The fourth-order valence-electron chi connectivity index (χ4n) is 1.74. The molecule has 2 rings (SSSR count). The predicted octanol–water partition coefficient (Wildman–Crippen LogP) is 2.14. The molecule has 0 heterocycles. The van der Waals surface area contributed by atoms with Gasteiger partial charge in [0.25, 0.3) is 0 Å². The van der Waals surface area contributed by atoms with Crippen LogP contribution in [0.5, 0.6) is 5.75 Å². The normalized spacial score (nSPS) is 10.0. The van der Waals surface area contributed by atoms with Crippen molar-refractivity contribution in [1.82, 2.24) is 0 Å². The third-order valence-corrected chi connectivity index (χ3v) is 2.82. The summed E-state index contributed by atoms with van der Waals surface area (Å²) >= 11 is 0. The Kier molecular flexibility index (Phi) is 4.15. The molecule has 19 heavy (non-hydrogen) atoms. The van der Waals surface area contributed by atoms with Gasteiger partial charge in [-0.25, -0.2) is 10.9 Å². The quantitative estimate of drug-likeness (QED) is 0.518. The van der Waals surface area contributed by atoms with Crippen molar-refractivity contribution < 1.29 is 9.53 Å². The van der Waals surface area contributed by atoms with Gasteiger partial charge in [-0.15, -0.1) is 0 Å². The van der Waals surface area contributed by atoms with E-state index in [1.807, 2.05) is 42.5 Å². The first-order chi connectivity index (χ1) is 9.20. The van der Waals surface area contributed by atoms with E-state index < -0.39 is 0 Å². The maximum Gasteiger partial charge on any atom is 0.245 e. The van der Waals surface area contributed by atoms with Gasteiger partial charge in [0.2, 0.25) is 5.91 Å². The van der Waals surface area contributed by atoms with E-state index in [0.29, 0.717) is 5.69 Å². The summed E-state index contributed by atoms with van der Waals surface area (Å²) in [5.41, 5.74) is 1.58. The molecule has 2 aromatic rings. The summed E-state index contributed by atoms with van der Waals surface area (Å²) in [7, 11) is 1.61. The molecule has 2 aromatic carbocycles. The third kappa shape index (κ3) is 3.33. The molecule has 0 aliphatic heterocycles. The number of rotatable bonds is 4. The summed E-state index contributed by atoms with van der Waals surface area (Å²) in [6.07, 6.45) is 0.259. The first-order valence-electron chi connectivity index (χ1n) is 5.96. The summed E-state index contributed by atoms with van der Waals surface area (Å²) < 4.78 is 5.07. The van der Waals surface area contributed by atoms with Gasteiger partial charge >= 0.3 is 0 Å². The van der Waals surface area contributed by atoms with Crippen LogP contribution in [-0.2, 0) is 11.2 Å². The Morgan fingerprint density at radius 3 is 2.32 bits per heavy atom. The second-order valence-corrected chi connectivity index (χ2v) is 4.12. The van der Waals surface area contributed by atoms with Crippen LogP contribution in [0.4, 0.5) is 5.69 Å². The molecule has 0 aromatic heterocycles. The molecule has 98 valence electrons. The van der Waals surface area contributed by atoms with E-state index in [1.54, 1.807) is 19.2 Å². The van der Waals surface area contributed by atoms with Gasteiger partial charge < -0.3 is 4.74 Å². The molecule has 4 heteroatoms. The van der Waals surface area contributed by atoms with E-state index in [-0.39, 0.29) is 12.3 Å². The van der Waals surface area contributed by atoms with Crippen molar-refractivity contribution in [3.8, 4) is 5.75 Å². The molecule has 2 N–H and O–H groups in total.